The third-order valence-corrected chi connectivity index (χ3v) is 5.48. The molecule has 24 heavy (non-hydrogen) atoms. The molecule has 5 heteroatoms. The molecule has 0 heterocycles. The Kier molecular flexibility index (Phi) is 16.5. The highest BCUT2D eigenvalue weighted by Crippen LogP contribution is 2.19. The van der Waals surface area contributed by atoms with Crippen molar-refractivity contribution in [3.8, 4) is 0 Å². The number of allylic oxidation sites excluding steroid dienone is 2. The minimum atomic E-state index is -0.296. The van der Waals surface area contributed by atoms with Gasteiger partial charge in [-0.05, 0) is 61.5 Å². The summed E-state index contributed by atoms with van der Waals surface area (Å²) >= 11 is 13.1. The fraction of sp³-hybridized carbons (Fsp3) is 0.737. The van der Waals surface area contributed by atoms with Crippen LogP contribution in [-0.2, 0) is 9.53 Å². The number of unbranched alkanes of at least 4 members (excludes halogenated alkanes) is 1. The van der Waals surface area contributed by atoms with Gasteiger partial charge in [0.25, 0.3) is 0 Å². The molecule has 0 aromatic heterocycles. The molecule has 0 bridgehead atoms. The van der Waals surface area contributed by atoms with Gasteiger partial charge in [0, 0.05) is 11.8 Å². The second kappa shape index (κ2) is 16.5. The number of carbonyl (C=O) groups excluding carboxylic acids is 1. The second-order valence-electron chi connectivity index (χ2n) is 6.23. The summed E-state index contributed by atoms with van der Waals surface area (Å²) < 4.78 is 4.92. The van der Waals surface area contributed by atoms with E-state index in [2.05, 4.69) is 50.9 Å². The van der Waals surface area contributed by atoms with Crippen molar-refractivity contribution in [1.82, 2.24) is 0 Å². The summed E-state index contributed by atoms with van der Waals surface area (Å²) in [6.45, 7) is 4.46. The van der Waals surface area contributed by atoms with Gasteiger partial charge in [-0.1, -0.05) is 31.9 Å². The van der Waals surface area contributed by atoms with Crippen LogP contribution in [0, 0.1) is 11.8 Å². The molecule has 0 saturated carbocycles. The highest BCUT2D eigenvalue weighted by molar-refractivity contribution is 7.80. The molecular formula is C19H34O2S3. The van der Waals surface area contributed by atoms with Crippen molar-refractivity contribution < 1.29 is 9.53 Å². The quantitative estimate of drug-likeness (QED) is 0.121. The van der Waals surface area contributed by atoms with Gasteiger partial charge in [0.15, 0.2) is 0 Å². The zero-order valence-electron chi connectivity index (χ0n) is 15.1. The Hall–Kier alpha value is -0.000000000000000111. The molecule has 0 aromatic rings. The van der Waals surface area contributed by atoms with Gasteiger partial charge in [0.2, 0.25) is 0 Å². The summed E-state index contributed by atoms with van der Waals surface area (Å²) in [5.41, 5.74) is 0.889. The fourth-order valence-corrected chi connectivity index (χ4v) is 3.14. The molecule has 0 aromatic carbocycles. The molecular weight excluding hydrogens is 356 g/mol. The highest BCUT2D eigenvalue weighted by Gasteiger charge is 2.06. The number of hydrogen-bond acceptors (Lipinski definition) is 5. The van der Waals surface area contributed by atoms with Gasteiger partial charge in [-0.2, -0.15) is 37.9 Å². The monoisotopic (exact) mass is 390 g/mol. The Balaban J connectivity index is 4.08. The summed E-state index contributed by atoms with van der Waals surface area (Å²) in [4.78, 5) is 11.4. The van der Waals surface area contributed by atoms with Crippen LogP contribution in [0.5, 0.6) is 0 Å². The van der Waals surface area contributed by atoms with Crippen LogP contribution in [0.2, 0.25) is 0 Å². The molecule has 0 aliphatic heterocycles. The van der Waals surface area contributed by atoms with Crippen LogP contribution >= 0.6 is 37.9 Å². The summed E-state index contributed by atoms with van der Waals surface area (Å²) in [6.07, 6.45) is 12.8. The predicted molar refractivity (Wildman–Crippen MR) is 116 cm³/mol. The van der Waals surface area contributed by atoms with Gasteiger partial charge in [-0.3, -0.25) is 0 Å². The van der Waals surface area contributed by atoms with E-state index in [1.165, 1.54) is 31.8 Å². The van der Waals surface area contributed by atoms with Crippen LogP contribution in [-0.4, -0.2) is 29.8 Å². The molecule has 0 radical (unpaired) electrons. The zero-order valence-corrected chi connectivity index (χ0v) is 17.8. The van der Waals surface area contributed by atoms with Crippen molar-refractivity contribution in [2.75, 3.05) is 23.9 Å². The Morgan fingerprint density at radius 3 is 2.38 bits per heavy atom. The molecule has 2 atom stereocenters. The largest absolute Gasteiger partial charge is 0.463 e. The summed E-state index contributed by atoms with van der Waals surface area (Å²) in [5, 5.41) is 0. The van der Waals surface area contributed by atoms with Crippen LogP contribution in [0.4, 0.5) is 0 Å². The van der Waals surface area contributed by atoms with Crippen LogP contribution in [0.1, 0.15) is 52.4 Å². The fourth-order valence-electron chi connectivity index (χ4n) is 2.39. The van der Waals surface area contributed by atoms with Gasteiger partial charge in [0.05, 0.1) is 6.61 Å². The first kappa shape index (κ1) is 24.0. The average molecular weight is 391 g/mol. The lowest BCUT2D eigenvalue weighted by Gasteiger charge is -2.14. The van der Waals surface area contributed by atoms with E-state index in [-0.39, 0.29) is 5.97 Å². The van der Waals surface area contributed by atoms with E-state index in [0.29, 0.717) is 18.3 Å². The Morgan fingerprint density at radius 1 is 1.08 bits per heavy atom. The van der Waals surface area contributed by atoms with Crippen molar-refractivity contribution in [3.05, 3.63) is 23.8 Å². The summed E-state index contributed by atoms with van der Waals surface area (Å²) in [5.74, 6) is 3.54. The van der Waals surface area contributed by atoms with Gasteiger partial charge >= 0.3 is 5.97 Å². The number of esters is 1. The summed E-state index contributed by atoms with van der Waals surface area (Å²) in [6, 6.07) is 0. The standard InChI is InChI=1S/C19H34O2S3/c1-3-21-19(20)12-18(15-24)11-7-6-10-17(14-23)9-5-4-8-16(2)13-22/h7,11-12,16-17,22-24H,3-6,8-10,13-15H2,1-2H3. The molecule has 0 saturated heterocycles. The van der Waals surface area contributed by atoms with Crippen molar-refractivity contribution in [2.24, 2.45) is 11.8 Å². The lowest BCUT2D eigenvalue weighted by atomic mass is 9.96. The topological polar surface area (TPSA) is 26.3 Å². The zero-order chi connectivity index (χ0) is 18.2. The van der Waals surface area contributed by atoms with Gasteiger partial charge in [-0.25, -0.2) is 4.79 Å². The molecule has 0 amide bonds. The normalized spacial score (nSPS) is 14.8. The minimum Gasteiger partial charge on any atom is -0.463 e. The van der Waals surface area contributed by atoms with E-state index < -0.39 is 0 Å². The molecule has 2 unspecified atom stereocenters. The van der Waals surface area contributed by atoms with Crippen LogP contribution in [0.15, 0.2) is 23.8 Å². The summed E-state index contributed by atoms with van der Waals surface area (Å²) in [7, 11) is 0. The van der Waals surface area contributed by atoms with Crippen LogP contribution < -0.4 is 0 Å². The first-order valence-electron chi connectivity index (χ1n) is 8.93. The van der Waals surface area contributed by atoms with E-state index in [4.69, 9.17) is 4.74 Å². The van der Waals surface area contributed by atoms with Gasteiger partial charge in [0.1, 0.15) is 0 Å². The third-order valence-electron chi connectivity index (χ3n) is 3.98. The molecule has 140 valence electrons. The first-order chi connectivity index (χ1) is 11.6. The lowest BCUT2D eigenvalue weighted by Crippen LogP contribution is -2.03. The number of thiol groups is 3. The van der Waals surface area contributed by atoms with Crippen molar-refractivity contribution in [3.63, 3.8) is 0 Å². The molecule has 0 aliphatic carbocycles. The molecule has 0 aliphatic rings. The molecule has 0 rings (SSSR count). The maximum absolute atomic E-state index is 11.4. The Labute approximate surface area is 165 Å². The predicted octanol–water partition coefficient (Wildman–Crippen LogP) is 5.41. The molecule has 0 spiro atoms. The van der Waals surface area contributed by atoms with Gasteiger partial charge < -0.3 is 4.74 Å². The maximum Gasteiger partial charge on any atom is 0.331 e. The molecule has 0 N–H and O–H groups in total. The maximum atomic E-state index is 11.4. The van der Waals surface area contributed by atoms with E-state index in [9.17, 15) is 4.79 Å². The second-order valence-corrected chi connectivity index (χ2v) is 7.28. The van der Waals surface area contributed by atoms with Crippen molar-refractivity contribution in [2.45, 2.75) is 52.4 Å². The van der Waals surface area contributed by atoms with E-state index in [0.717, 1.165) is 35.8 Å². The highest BCUT2D eigenvalue weighted by atomic mass is 32.1. The van der Waals surface area contributed by atoms with E-state index in [1.807, 2.05) is 6.08 Å². The number of carbonyl (C=O) groups is 1. The third kappa shape index (κ3) is 13.3. The first-order valence-corrected chi connectivity index (χ1v) is 10.8. The minimum absolute atomic E-state index is 0.296. The Bertz CT molecular complexity index is 381. The number of ether oxygens (including phenoxy) is 1. The van der Waals surface area contributed by atoms with Crippen molar-refractivity contribution >= 4 is 43.9 Å². The Morgan fingerprint density at radius 2 is 1.79 bits per heavy atom. The smallest absolute Gasteiger partial charge is 0.331 e. The van der Waals surface area contributed by atoms with Crippen LogP contribution in [0.25, 0.3) is 0 Å². The SMILES string of the molecule is CCOC(=O)C=C(C=CCCC(CS)CCCCC(C)CS)CS. The molecule has 0 fully saturated rings. The number of hydrogen-bond donors (Lipinski definition) is 3. The van der Waals surface area contributed by atoms with E-state index >= 15 is 0 Å². The van der Waals surface area contributed by atoms with Crippen molar-refractivity contribution in [1.29, 1.82) is 0 Å². The number of rotatable bonds is 14. The lowest BCUT2D eigenvalue weighted by molar-refractivity contribution is -0.137. The average Bonchev–Trinajstić information content (AvgIpc) is 2.58. The van der Waals surface area contributed by atoms with E-state index in [1.54, 1.807) is 6.92 Å². The van der Waals surface area contributed by atoms with Crippen LogP contribution in [0.3, 0.4) is 0 Å². The van der Waals surface area contributed by atoms with Gasteiger partial charge in [-0.15, -0.1) is 0 Å². The molecule has 2 nitrogen and oxygen atoms in total.